The lowest BCUT2D eigenvalue weighted by Gasteiger charge is -2.03. The van der Waals surface area contributed by atoms with E-state index in [0.29, 0.717) is 12.3 Å². The van der Waals surface area contributed by atoms with Gasteiger partial charge in [0.2, 0.25) is 0 Å². The first-order valence-electron chi connectivity index (χ1n) is 8.30. The van der Waals surface area contributed by atoms with Gasteiger partial charge >= 0.3 is 0 Å². The zero-order valence-electron chi connectivity index (χ0n) is 15.5. The molecule has 128 valence electrons. The summed E-state index contributed by atoms with van der Waals surface area (Å²) in [5.41, 5.74) is 4.00. The second kappa shape index (κ2) is 16.2. The van der Waals surface area contributed by atoms with E-state index in [1.54, 1.807) is 0 Å². The van der Waals surface area contributed by atoms with Crippen molar-refractivity contribution in [2.75, 3.05) is 6.61 Å². The maximum atomic E-state index is 10.1. The van der Waals surface area contributed by atoms with Crippen LogP contribution in [0.3, 0.4) is 0 Å². The van der Waals surface area contributed by atoms with Gasteiger partial charge in [-0.1, -0.05) is 41.9 Å². The van der Waals surface area contributed by atoms with E-state index in [9.17, 15) is 4.79 Å². The fourth-order valence-corrected chi connectivity index (χ4v) is 1.79. The van der Waals surface area contributed by atoms with Crippen molar-refractivity contribution in [3.63, 3.8) is 0 Å². The van der Waals surface area contributed by atoms with E-state index >= 15 is 0 Å². The first-order valence-corrected chi connectivity index (χ1v) is 8.30. The highest BCUT2D eigenvalue weighted by Gasteiger charge is 1.98. The molecule has 1 unspecified atom stereocenters. The summed E-state index contributed by atoms with van der Waals surface area (Å²) < 4.78 is 0. The van der Waals surface area contributed by atoms with Crippen molar-refractivity contribution in [1.29, 1.82) is 0 Å². The lowest BCUT2D eigenvalue weighted by molar-refractivity contribution is -0.108. The highest BCUT2D eigenvalue weighted by molar-refractivity contribution is 5.49. The molecular weight excluding hydrogens is 272 g/mol. The van der Waals surface area contributed by atoms with Crippen LogP contribution in [0.15, 0.2) is 34.9 Å². The Morgan fingerprint density at radius 3 is 1.95 bits per heavy atom. The van der Waals surface area contributed by atoms with Crippen molar-refractivity contribution in [3.05, 3.63) is 34.9 Å². The fraction of sp³-hybridized carbons (Fsp3) is 0.650. The van der Waals surface area contributed by atoms with Gasteiger partial charge in [0.1, 0.15) is 6.29 Å². The summed E-state index contributed by atoms with van der Waals surface area (Å²) in [5, 5.41) is 8.55. The van der Waals surface area contributed by atoms with Crippen molar-refractivity contribution in [2.45, 2.75) is 73.6 Å². The monoisotopic (exact) mass is 308 g/mol. The van der Waals surface area contributed by atoms with Crippen molar-refractivity contribution >= 4 is 6.29 Å². The molecule has 0 radical (unpaired) electrons. The molecule has 0 aliphatic heterocycles. The van der Waals surface area contributed by atoms with E-state index in [0.717, 1.165) is 32.0 Å². The molecule has 0 aliphatic carbocycles. The van der Waals surface area contributed by atoms with Crippen LogP contribution in [0.4, 0.5) is 0 Å². The van der Waals surface area contributed by atoms with Gasteiger partial charge in [0.15, 0.2) is 0 Å². The highest BCUT2D eigenvalue weighted by Crippen LogP contribution is 2.09. The molecule has 0 aromatic heterocycles. The quantitative estimate of drug-likeness (QED) is 0.443. The lowest BCUT2D eigenvalue weighted by Crippen LogP contribution is -1.93. The molecule has 0 spiro atoms. The second-order valence-corrected chi connectivity index (χ2v) is 6.42. The number of hydrogen-bond donors (Lipinski definition) is 1. The Morgan fingerprint density at radius 1 is 0.955 bits per heavy atom. The zero-order chi connectivity index (χ0) is 17.4. The van der Waals surface area contributed by atoms with Crippen molar-refractivity contribution < 1.29 is 9.90 Å². The van der Waals surface area contributed by atoms with Crippen LogP contribution < -0.4 is 0 Å². The van der Waals surface area contributed by atoms with E-state index in [1.807, 2.05) is 6.08 Å². The maximum absolute atomic E-state index is 10.1. The first kappa shape index (κ1) is 23.1. The van der Waals surface area contributed by atoms with E-state index in [2.05, 4.69) is 53.7 Å². The topological polar surface area (TPSA) is 37.3 Å². The van der Waals surface area contributed by atoms with E-state index < -0.39 is 0 Å². The van der Waals surface area contributed by atoms with E-state index in [4.69, 9.17) is 5.11 Å². The largest absolute Gasteiger partial charge is 0.392 e. The Morgan fingerprint density at radius 2 is 1.50 bits per heavy atom. The van der Waals surface area contributed by atoms with Gasteiger partial charge in [-0.05, 0) is 66.2 Å². The number of aliphatic hydroxyl groups excluding tert-OH is 1. The molecular formula is C20H36O2. The predicted molar refractivity (Wildman–Crippen MR) is 98.0 cm³/mol. The van der Waals surface area contributed by atoms with Gasteiger partial charge in [0.25, 0.3) is 0 Å². The lowest BCUT2D eigenvalue weighted by atomic mass is 10.0. The van der Waals surface area contributed by atoms with Crippen LogP contribution in [0.1, 0.15) is 73.6 Å². The molecule has 0 aromatic carbocycles. The first-order chi connectivity index (χ1) is 10.3. The minimum Gasteiger partial charge on any atom is -0.392 e. The molecule has 0 saturated heterocycles. The summed E-state index contributed by atoms with van der Waals surface area (Å²) in [5.74, 6) is 0.545. The third-order valence-corrected chi connectivity index (χ3v) is 3.24. The molecule has 22 heavy (non-hydrogen) atoms. The number of hydrogen-bond acceptors (Lipinski definition) is 2. The Hall–Kier alpha value is -1.15. The van der Waals surface area contributed by atoms with E-state index in [1.165, 1.54) is 16.7 Å². The minimum absolute atomic E-state index is 0.167. The molecule has 2 nitrogen and oxygen atoms in total. The average Bonchev–Trinajstić information content (AvgIpc) is 2.39. The van der Waals surface area contributed by atoms with Crippen molar-refractivity contribution in [1.82, 2.24) is 0 Å². The van der Waals surface area contributed by atoms with Crippen LogP contribution >= 0.6 is 0 Å². The van der Waals surface area contributed by atoms with Crippen LogP contribution in [0.5, 0.6) is 0 Å². The summed E-state index contributed by atoms with van der Waals surface area (Å²) in [6.07, 6.45) is 12.4. The molecule has 0 heterocycles. The zero-order valence-corrected chi connectivity index (χ0v) is 15.5. The molecule has 0 amide bonds. The van der Waals surface area contributed by atoms with Crippen LogP contribution in [0.2, 0.25) is 0 Å². The van der Waals surface area contributed by atoms with Crippen LogP contribution in [-0.2, 0) is 4.79 Å². The van der Waals surface area contributed by atoms with Crippen LogP contribution in [-0.4, -0.2) is 18.0 Å². The molecule has 0 saturated carbocycles. The Balaban J connectivity index is 0. The standard InChI is InChI=1S/2C10H18O/c2*1-9(2)5-4-6-10(3)7-8-11/h5,8,10H,4,6-7H2,1-3H3;5,7,11H,4,6,8H2,1-3H3/b;10-7-. The number of allylic oxidation sites excluding steroid dienone is 5. The van der Waals surface area contributed by atoms with Gasteiger partial charge in [0.05, 0.1) is 6.61 Å². The van der Waals surface area contributed by atoms with Crippen LogP contribution in [0, 0.1) is 5.92 Å². The second-order valence-electron chi connectivity index (χ2n) is 6.42. The SMILES string of the molecule is CC(C)=CCC/C(C)=C\CO.CC(C)=CCCC(C)CC=O. The molecule has 0 fully saturated rings. The molecule has 1 atom stereocenters. The Labute approximate surface area is 138 Å². The molecule has 0 aliphatic rings. The van der Waals surface area contributed by atoms with Crippen molar-refractivity contribution in [3.8, 4) is 0 Å². The molecule has 0 rings (SSSR count). The maximum Gasteiger partial charge on any atom is 0.120 e. The van der Waals surface area contributed by atoms with Gasteiger partial charge in [-0.2, -0.15) is 0 Å². The summed E-state index contributed by atoms with van der Waals surface area (Å²) in [7, 11) is 0. The molecule has 0 aromatic rings. The molecule has 1 N–H and O–H groups in total. The number of rotatable bonds is 9. The van der Waals surface area contributed by atoms with Gasteiger partial charge < -0.3 is 9.90 Å². The number of carbonyl (C=O) groups excluding carboxylic acids is 1. The normalized spacial score (nSPS) is 11.9. The summed E-state index contributed by atoms with van der Waals surface area (Å²) in [6.45, 7) is 12.7. The average molecular weight is 309 g/mol. The fourth-order valence-electron chi connectivity index (χ4n) is 1.79. The smallest absolute Gasteiger partial charge is 0.120 e. The number of aliphatic hydroxyl groups is 1. The van der Waals surface area contributed by atoms with Gasteiger partial charge in [-0.3, -0.25) is 0 Å². The minimum atomic E-state index is 0.167. The summed E-state index contributed by atoms with van der Waals surface area (Å²) in [6, 6.07) is 0. The highest BCUT2D eigenvalue weighted by atomic mass is 16.2. The third kappa shape index (κ3) is 21.2. The molecule has 0 bridgehead atoms. The Kier molecular flexibility index (Phi) is 17.1. The van der Waals surface area contributed by atoms with Crippen LogP contribution in [0.25, 0.3) is 0 Å². The van der Waals surface area contributed by atoms with Gasteiger partial charge in [-0.25, -0.2) is 0 Å². The number of aldehydes is 1. The number of carbonyl (C=O) groups is 1. The predicted octanol–water partition coefficient (Wildman–Crippen LogP) is 5.63. The van der Waals surface area contributed by atoms with E-state index in [-0.39, 0.29) is 6.61 Å². The summed E-state index contributed by atoms with van der Waals surface area (Å²) in [4.78, 5) is 10.1. The summed E-state index contributed by atoms with van der Waals surface area (Å²) >= 11 is 0. The van der Waals surface area contributed by atoms with Gasteiger partial charge in [0, 0.05) is 6.42 Å². The Bertz CT molecular complexity index is 354. The third-order valence-electron chi connectivity index (χ3n) is 3.24. The van der Waals surface area contributed by atoms with Gasteiger partial charge in [-0.15, -0.1) is 0 Å². The molecule has 2 heteroatoms. The van der Waals surface area contributed by atoms with Crippen molar-refractivity contribution in [2.24, 2.45) is 5.92 Å².